The summed E-state index contributed by atoms with van der Waals surface area (Å²) in [5.41, 5.74) is 1.75. The number of hydrazine groups is 1. The molecule has 0 heterocycles. The van der Waals surface area contributed by atoms with Crippen LogP contribution in [0.1, 0.15) is 0 Å². The quantitative estimate of drug-likeness (QED) is 0.186. The number of carbonyl (C=O) groups is 1. The van der Waals surface area contributed by atoms with Crippen molar-refractivity contribution in [3.8, 4) is 0 Å². The van der Waals surface area contributed by atoms with Gasteiger partial charge >= 0.3 is 0 Å². The summed E-state index contributed by atoms with van der Waals surface area (Å²) in [5, 5.41) is 0. The lowest BCUT2D eigenvalue weighted by molar-refractivity contribution is -0.109. The molecule has 0 aromatic heterocycles. The van der Waals surface area contributed by atoms with E-state index < -0.39 is 0 Å². The SMILES string of the molecule is I.NNC=O. The van der Waals surface area contributed by atoms with E-state index in [0.29, 0.717) is 6.41 Å². The van der Waals surface area contributed by atoms with Gasteiger partial charge in [0.05, 0.1) is 0 Å². The largest absolute Gasteiger partial charge is 0.297 e. The molecule has 32 valence electrons. The number of rotatable bonds is 1. The van der Waals surface area contributed by atoms with E-state index in [1.165, 1.54) is 0 Å². The molecule has 0 aliphatic rings. The van der Waals surface area contributed by atoms with Crippen LogP contribution in [0.15, 0.2) is 0 Å². The van der Waals surface area contributed by atoms with Gasteiger partial charge in [-0.05, 0) is 0 Å². The Morgan fingerprint density at radius 2 is 2.00 bits per heavy atom. The number of carbonyl (C=O) groups excluding carboxylic acids is 1. The predicted octanol–water partition coefficient (Wildman–Crippen LogP) is -0.776. The van der Waals surface area contributed by atoms with Gasteiger partial charge < -0.3 is 0 Å². The number of hydrogen-bond donors (Lipinski definition) is 2. The molecule has 0 fully saturated rings. The number of nitrogens with one attached hydrogen (secondary N) is 1. The van der Waals surface area contributed by atoms with Gasteiger partial charge in [-0.25, -0.2) is 5.84 Å². The Labute approximate surface area is 46.9 Å². The lowest BCUT2D eigenvalue weighted by Gasteiger charge is -1.66. The van der Waals surface area contributed by atoms with Crippen molar-refractivity contribution < 1.29 is 4.79 Å². The lowest BCUT2D eigenvalue weighted by atomic mass is 11.4. The van der Waals surface area contributed by atoms with E-state index >= 15 is 0 Å². The van der Waals surface area contributed by atoms with Crippen molar-refractivity contribution in [2.75, 3.05) is 0 Å². The van der Waals surface area contributed by atoms with Crippen molar-refractivity contribution in [3.05, 3.63) is 0 Å². The summed E-state index contributed by atoms with van der Waals surface area (Å²) >= 11 is 0. The van der Waals surface area contributed by atoms with E-state index in [1.807, 2.05) is 0 Å². The van der Waals surface area contributed by atoms with Crippen LogP contribution >= 0.6 is 24.0 Å². The Hall–Kier alpha value is 0.160. The first-order valence-corrected chi connectivity index (χ1v) is 0.813. The molecule has 0 aliphatic carbocycles. The third kappa shape index (κ3) is 14.4. The van der Waals surface area contributed by atoms with Crippen LogP contribution in [0, 0.1) is 0 Å². The van der Waals surface area contributed by atoms with Crippen molar-refractivity contribution in [2.24, 2.45) is 5.84 Å². The molecule has 0 radical (unpaired) electrons. The normalized spacial score (nSPS) is 4.20. The second kappa shape index (κ2) is 8.90. The highest BCUT2D eigenvalue weighted by Gasteiger charge is 1.42. The van der Waals surface area contributed by atoms with Gasteiger partial charge in [-0.1, -0.05) is 0 Å². The highest BCUT2D eigenvalue weighted by atomic mass is 127. The summed E-state index contributed by atoms with van der Waals surface area (Å²) in [5.74, 6) is 4.41. The van der Waals surface area contributed by atoms with Gasteiger partial charge in [-0.3, -0.25) is 10.2 Å². The molecule has 0 atom stereocenters. The van der Waals surface area contributed by atoms with E-state index in [0.717, 1.165) is 0 Å². The minimum atomic E-state index is 0. The average Bonchev–Trinajstić information content (AvgIpc) is 1.37. The van der Waals surface area contributed by atoms with Crippen molar-refractivity contribution >= 4 is 30.4 Å². The van der Waals surface area contributed by atoms with Gasteiger partial charge in [-0.15, -0.1) is 24.0 Å². The zero-order valence-electron chi connectivity index (χ0n) is 2.47. The maximum absolute atomic E-state index is 8.94. The smallest absolute Gasteiger partial charge is 0.221 e. The fourth-order valence-electron chi connectivity index (χ4n) is 0. The number of nitrogens with two attached hydrogens (primary N) is 1. The minimum Gasteiger partial charge on any atom is -0.297 e. The fourth-order valence-corrected chi connectivity index (χ4v) is 0. The summed E-state index contributed by atoms with van der Waals surface area (Å²) in [6.45, 7) is 0. The van der Waals surface area contributed by atoms with Crippen LogP contribution in [0.3, 0.4) is 0 Å². The van der Waals surface area contributed by atoms with E-state index in [9.17, 15) is 0 Å². The molecule has 0 bridgehead atoms. The molecular weight excluding hydrogens is 183 g/mol. The van der Waals surface area contributed by atoms with E-state index in [4.69, 9.17) is 4.79 Å². The molecule has 0 unspecified atom stereocenters. The monoisotopic (exact) mass is 188 g/mol. The zero-order chi connectivity index (χ0) is 3.41. The van der Waals surface area contributed by atoms with E-state index in [2.05, 4.69) is 5.84 Å². The predicted molar refractivity (Wildman–Crippen MR) is 28.8 cm³/mol. The molecule has 3 N–H and O–H groups in total. The summed E-state index contributed by atoms with van der Waals surface area (Å²) in [6, 6.07) is 0. The number of hydrogen-bond acceptors (Lipinski definition) is 2. The van der Waals surface area contributed by atoms with Gasteiger partial charge in [0.25, 0.3) is 0 Å². The number of amides is 1. The first-order chi connectivity index (χ1) is 1.91. The Balaban J connectivity index is 0. The van der Waals surface area contributed by atoms with Gasteiger partial charge in [-0.2, -0.15) is 0 Å². The lowest BCUT2D eigenvalue weighted by Crippen LogP contribution is -2.18. The zero-order valence-corrected chi connectivity index (χ0v) is 4.80. The molecule has 0 rings (SSSR count). The molecule has 1 amide bonds. The van der Waals surface area contributed by atoms with Crippen molar-refractivity contribution in [3.63, 3.8) is 0 Å². The summed E-state index contributed by atoms with van der Waals surface area (Å²) < 4.78 is 0. The van der Waals surface area contributed by atoms with Crippen LogP contribution in [0.25, 0.3) is 0 Å². The van der Waals surface area contributed by atoms with Crippen LogP contribution in [0.5, 0.6) is 0 Å². The minimum absolute atomic E-state index is 0. The van der Waals surface area contributed by atoms with Crippen molar-refractivity contribution in [1.82, 2.24) is 5.43 Å². The van der Waals surface area contributed by atoms with Crippen molar-refractivity contribution in [2.45, 2.75) is 0 Å². The first kappa shape index (κ1) is 8.94. The van der Waals surface area contributed by atoms with Gasteiger partial charge in [0.15, 0.2) is 0 Å². The Kier molecular flexibility index (Phi) is 15.9. The Bertz CT molecular complexity index is 23.6. The first-order valence-electron chi connectivity index (χ1n) is 0.813. The highest BCUT2D eigenvalue weighted by Crippen LogP contribution is 0.992. The van der Waals surface area contributed by atoms with Crippen molar-refractivity contribution in [1.29, 1.82) is 0 Å². The average molecular weight is 188 g/mol. The van der Waals surface area contributed by atoms with Gasteiger partial charge in [0.1, 0.15) is 0 Å². The molecular formula is CH5IN2O. The summed E-state index contributed by atoms with van der Waals surface area (Å²) in [4.78, 5) is 8.94. The van der Waals surface area contributed by atoms with Crippen LogP contribution in [-0.2, 0) is 4.79 Å². The molecule has 0 aromatic rings. The van der Waals surface area contributed by atoms with Crippen LogP contribution < -0.4 is 11.3 Å². The molecule has 5 heavy (non-hydrogen) atoms. The Morgan fingerprint density at radius 3 is 2.00 bits per heavy atom. The van der Waals surface area contributed by atoms with Crippen LogP contribution in [0.2, 0.25) is 0 Å². The third-order valence-electron chi connectivity index (χ3n) is 0.0680. The molecule has 0 saturated heterocycles. The van der Waals surface area contributed by atoms with Gasteiger partial charge in [0.2, 0.25) is 6.41 Å². The standard InChI is InChI=1S/CH4N2O.HI/c2-3-1-4;/h1H,2H2,(H,3,4);1H. The maximum Gasteiger partial charge on any atom is 0.221 e. The van der Waals surface area contributed by atoms with Gasteiger partial charge in [0, 0.05) is 0 Å². The molecule has 0 spiro atoms. The highest BCUT2D eigenvalue weighted by molar-refractivity contribution is 14.0. The second-order valence-electron chi connectivity index (χ2n) is 0.285. The molecule has 4 heteroatoms. The maximum atomic E-state index is 8.94. The summed E-state index contributed by atoms with van der Waals surface area (Å²) in [7, 11) is 0. The molecule has 0 saturated carbocycles. The van der Waals surface area contributed by atoms with E-state index in [-0.39, 0.29) is 24.0 Å². The molecule has 3 nitrogen and oxygen atoms in total. The Morgan fingerprint density at radius 1 is 1.80 bits per heavy atom. The molecule has 0 aromatic carbocycles. The van der Waals surface area contributed by atoms with E-state index in [1.54, 1.807) is 5.43 Å². The third-order valence-corrected chi connectivity index (χ3v) is 0.0680. The topological polar surface area (TPSA) is 55.1 Å². The van der Waals surface area contributed by atoms with Crippen LogP contribution in [-0.4, -0.2) is 6.41 Å². The van der Waals surface area contributed by atoms with Crippen LogP contribution in [0.4, 0.5) is 0 Å². The summed E-state index contributed by atoms with van der Waals surface area (Å²) in [6.07, 6.45) is 0.403. The fraction of sp³-hybridized carbons (Fsp3) is 0. The molecule has 0 aliphatic heterocycles. The second-order valence-corrected chi connectivity index (χ2v) is 0.285. The number of halogens is 1.